The molecule has 1 aromatic carbocycles. The first kappa shape index (κ1) is 20.2. The molecule has 28 heavy (non-hydrogen) atoms. The number of benzene rings is 1. The molecule has 3 aromatic rings. The minimum Gasteiger partial charge on any atom is -0.465 e. The first-order valence-electron chi connectivity index (χ1n) is 9.42. The van der Waals surface area contributed by atoms with Crippen molar-refractivity contribution in [3.05, 3.63) is 52.6 Å². The summed E-state index contributed by atoms with van der Waals surface area (Å²) < 4.78 is 5.07. The molecule has 2 aromatic heterocycles. The van der Waals surface area contributed by atoms with Crippen LogP contribution in [0.5, 0.6) is 0 Å². The zero-order chi connectivity index (χ0) is 20.1. The lowest BCUT2D eigenvalue weighted by molar-refractivity contribution is -0.144. The molecule has 1 N–H and O–H groups in total. The number of esters is 1. The monoisotopic (exact) mass is 399 g/mol. The summed E-state index contributed by atoms with van der Waals surface area (Å²) in [6.07, 6.45) is 0. The van der Waals surface area contributed by atoms with Gasteiger partial charge in [0.25, 0.3) is 5.56 Å². The lowest BCUT2D eigenvalue weighted by Crippen LogP contribution is -2.34. The molecular weight excluding hydrogens is 374 g/mol. The molecule has 7 heteroatoms. The molecule has 3 rings (SSSR count). The Morgan fingerprint density at radius 2 is 2.04 bits per heavy atom. The van der Waals surface area contributed by atoms with Gasteiger partial charge in [-0.05, 0) is 24.5 Å². The van der Waals surface area contributed by atoms with E-state index in [1.807, 2.05) is 41.3 Å². The third-order valence-corrected chi connectivity index (χ3v) is 5.24. The number of aromatic amines is 1. The average Bonchev–Trinajstić information content (AvgIpc) is 3.07. The zero-order valence-corrected chi connectivity index (χ0v) is 17.2. The fraction of sp³-hybridized carbons (Fsp3) is 0.381. The molecule has 6 nitrogen and oxygen atoms in total. The quantitative estimate of drug-likeness (QED) is 0.585. The Balaban J connectivity index is 1.87. The van der Waals surface area contributed by atoms with Crippen molar-refractivity contribution in [2.24, 2.45) is 5.92 Å². The molecule has 0 aliphatic carbocycles. The third kappa shape index (κ3) is 5.05. The topological polar surface area (TPSA) is 75.3 Å². The Labute approximate surface area is 168 Å². The van der Waals surface area contributed by atoms with Crippen LogP contribution >= 0.6 is 11.3 Å². The van der Waals surface area contributed by atoms with Gasteiger partial charge in [0.15, 0.2) is 0 Å². The molecule has 0 radical (unpaired) electrons. The van der Waals surface area contributed by atoms with E-state index in [0.717, 1.165) is 10.4 Å². The fourth-order valence-electron chi connectivity index (χ4n) is 3.10. The molecule has 0 saturated carbocycles. The smallest absolute Gasteiger partial charge is 0.320 e. The van der Waals surface area contributed by atoms with Crippen LogP contribution in [0.15, 0.2) is 41.2 Å². The Morgan fingerprint density at radius 3 is 2.71 bits per heavy atom. The van der Waals surface area contributed by atoms with Crippen LogP contribution in [0.25, 0.3) is 20.7 Å². The summed E-state index contributed by atoms with van der Waals surface area (Å²) in [5.41, 5.74) is 0.911. The van der Waals surface area contributed by atoms with E-state index in [2.05, 4.69) is 23.8 Å². The van der Waals surface area contributed by atoms with Gasteiger partial charge in [0.2, 0.25) is 0 Å². The minimum absolute atomic E-state index is 0.154. The van der Waals surface area contributed by atoms with E-state index >= 15 is 0 Å². The second-order valence-corrected chi connectivity index (χ2v) is 8.11. The van der Waals surface area contributed by atoms with Crippen molar-refractivity contribution in [1.29, 1.82) is 0 Å². The maximum Gasteiger partial charge on any atom is 0.320 e. The van der Waals surface area contributed by atoms with Crippen LogP contribution in [-0.2, 0) is 16.1 Å². The number of fused-ring (bicyclic) bond motifs is 1. The predicted molar refractivity (Wildman–Crippen MR) is 112 cm³/mol. The van der Waals surface area contributed by atoms with Crippen molar-refractivity contribution in [3.8, 4) is 10.4 Å². The predicted octanol–water partition coefficient (Wildman–Crippen LogP) is 3.67. The number of aromatic nitrogens is 2. The average molecular weight is 400 g/mol. The summed E-state index contributed by atoms with van der Waals surface area (Å²) in [4.78, 5) is 35.7. The van der Waals surface area contributed by atoms with Crippen LogP contribution in [0.3, 0.4) is 0 Å². The van der Waals surface area contributed by atoms with Gasteiger partial charge in [-0.1, -0.05) is 44.2 Å². The summed E-state index contributed by atoms with van der Waals surface area (Å²) in [6.45, 7) is 7.59. The highest BCUT2D eigenvalue weighted by Gasteiger charge is 2.16. The fourth-order valence-corrected chi connectivity index (χ4v) is 4.15. The van der Waals surface area contributed by atoms with Crippen LogP contribution in [0.1, 0.15) is 26.6 Å². The summed E-state index contributed by atoms with van der Waals surface area (Å²) in [5.74, 6) is 0.661. The highest BCUT2D eigenvalue weighted by atomic mass is 32.1. The highest BCUT2D eigenvalue weighted by Crippen LogP contribution is 2.30. The van der Waals surface area contributed by atoms with Gasteiger partial charge in [-0.25, -0.2) is 4.98 Å². The van der Waals surface area contributed by atoms with Crippen LogP contribution in [0.2, 0.25) is 0 Å². The number of hydrogen-bond donors (Lipinski definition) is 1. The van der Waals surface area contributed by atoms with E-state index in [9.17, 15) is 9.59 Å². The number of nitrogens with zero attached hydrogens (tertiary/aromatic N) is 2. The zero-order valence-electron chi connectivity index (χ0n) is 16.4. The van der Waals surface area contributed by atoms with Crippen LogP contribution in [0.4, 0.5) is 0 Å². The van der Waals surface area contributed by atoms with E-state index in [1.165, 1.54) is 11.3 Å². The number of thiophene rings is 1. The molecule has 0 amide bonds. The van der Waals surface area contributed by atoms with Crippen LogP contribution in [-0.4, -0.2) is 40.5 Å². The highest BCUT2D eigenvalue weighted by molar-refractivity contribution is 7.21. The lowest BCUT2D eigenvalue weighted by Gasteiger charge is -2.22. The molecule has 0 saturated heterocycles. The van der Waals surface area contributed by atoms with Gasteiger partial charge in [0.1, 0.15) is 10.7 Å². The minimum atomic E-state index is -0.269. The van der Waals surface area contributed by atoms with E-state index < -0.39 is 0 Å². The molecule has 0 spiro atoms. The first-order valence-corrected chi connectivity index (χ1v) is 10.2. The molecule has 0 bridgehead atoms. The Kier molecular flexibility index (Phi) is 6.59. The molecule has 148 valence electrons. The van der Waals surface area contributed by atoms with Gasteiger partial charge in [-0.15, -0.1) is 11.3 Å². The molecule has 0 unspecified atom stereocenters. The van der Waals surface area contributed by atoms with Crippen molar-refractivity contribution in [3.63, 3.8) is 0 Å². The van der Waals surface area contributed by atoms with Gasteiger partial charge in [0.05, 0.1) is 25.1 Å². The summed E-state index contributed by atoms with van der Waals surface area (Å²) in [5, 5.41) is 0.591. The van der Waals surface area contributed by atoms with Crippen LogP contribution in [0, 0.1) is 5.92 Å². The lowest BCUT2D eigenvalue weighted by atomic mass is 10.2. The normalized spacial score (nSPS) is 11.5. The number of rotatable bonds is 8. The largest absolute Gasteiger partial charge is 0.465 e. The van der Waals surface area contributed by atoms with Gasteiger partial charge in [-0.2, -0.15) is 0 Å². The Morgan fingerprint density at radius 1 is 1.29 bits per heavy atom. The van der Waals surface area contributed by atoms with E-state index in [0.29, 0.717) is 41.7 Å². The summed E-state index contributed by atoms with van der Waals surface area (Å²) >= 11 is 1.50. The summed E-state index contributed by atoms with van der Waals surface area (Å²) in [6, 6.07) is 11.8. The van der Waals surface area contributed by atoms with Crippen LogP contribution < -0.4 is 5.56 Å². The number of hydrogen-bond acceptors (Lipinski definition) is 6. The van der Waals surface area contributed by atoms with Gasteiger partial charge in [-0.3, -0.25) is 14.5 Å². The molecule has 0 fully saturated rings. The number of ether oxygens (including phenoxy) is 1. The van der Waals surface area contributed by atoms with Crippen molar-refractivity contribution < 1.29 is 9.53 Å². The Bertz CT molecular complexity index is 995. The summed E-state index contributed by atoms with van der Waals surface area (Å²) in [7, 11) is 0. The third-order valence-electron chi connectivity index (χ3n) is 4.16. The van der Waals surface area contributed by atoms with Crippen molar-refractivity contribution in [2.45, 2.75) is 27.3 Å². The second kappa shape index (κ2) is 9.12. The van der Waals surface area contributed by atoms with E-state index in [-0.39, 0.29) is 18.1 Å². The maximum atomic E-state index is 12.6. The van der Waals surface area contributed by atoms with E-state index in [4.69, 9.17) is 4.74 Å². The number of nitrogens with one attached hydrogen (secondary N) is 1. The maximum absolute atomic E-state index is 12.6. The molecule has 2 heterocycles. The first-order chi connectivity index (χ1) is 13.5. The second-order valence-electron chi connectivity index (χ2n) is 7.08. The Hall–Kier alpha value is -2.51. The SMILES string of the molecule is CCOC(=O)CN(Cc1nc2sc(-c3ccccc3)cc2c(=O)[nH]1)CC(C)C. The molecule has 0 aliphatic heterocycles. The molecule has 0 atom stereocenters. The van der Waals surface area contributed by atoms with Gasteiger partial charge in [0, 0.05) is 11.4 Å². The van der Waals surface area contributed by atoms with Gasteiger partial charge < -0.3 is 9.72 Å². The van der Waals surface area contributed by atoms with E-state index in [1.54, 1.807) is 6.92 Å². The van der Waals surface area contributed by atoms with Crippen molar-refractivity contribution >= 4 is 27.5 Å². The number of H-pyrrole nitrogens is 1. The molecular formula is C21H25N3O3S. The standard InChI is InChI=1S/C21H25N3O3S/c1-4-27-19(25)13-24(11-14(2)3)12-18-22-20(26)16-10-17(28-21(16)23-18)15-8-6-5-7-9-15/h5-10,14H,4,11-13H2,1-3H3,(H,22,23,26). The number of carbonyl (C=O) groups excluding carboxylic acids is 1. The molecule has 0 aliphatic rings. The number of carbonyl (C=O) groups is 1. The van der Waals surface area contributed by atoms with Gasteiger partial charge >= 0.3 is 5.97 Å². The van der Waals surface area contributed by atoms with Crippen molar-refractivity contribution in [1.82, 2.24) is 14.9 Å². The van der Waals surface area contributed by atoms with Crippen molar-refractivity contribution in [2.75, 3.05) is 19.7 Å².